The van der Waals surface area contributed by atoms with E-state index in [1.165, 1.54) is 12.0 Å². The van der Waals surface area contributed by atoms with Crippen LogP contribution in [0.3, 0.4) is 0 Å². The predicted molar refractivity (Wildman–Crippen MR) is 121 cm³/mol. The fourth-order valence-electron chi connectivity index (χ4n) is 4.09. The Balaban J connectivity index is 0.00000261. The number of halogens is 1. The molecular formula is C21H34IN3O2. The molecule has 0 amide bonds. The molecule has 152 valence electrons. The minimum absolute atomic E-state index is 0. The van der Waals surface area contributed by atoms with Crippen LogP contribution in [-0.4, -0.2) is 63.5 Å². The number of rotatable bonds is 6. The molecule has 0 saturated carbocycles. The number of piperidine rings is 1. The average Bonchev–Trinajstić information content (AvgIpc) is 3.19. The molecule has 3 rings (SSSR count). The summed E-state index contributed by atoms with van der Waals surface area (Å²) < 4.78 is 11.3. The summed E-state index contributed by atoms with van der Waals surface area (Å²) in [6.07, 6.45) is 3.76. The number of nitrogens with one attached hydrogen (secondary N) is 1. The zero-order valence-electron chi connectivity index (χ0n) is 16.6. The Morgan fingerprint density at radius 1 is 1.30 bits per heavy atom. The van der Waals surface area contributed by atoms with Crippen molar-refractivity contribution in [2.45, 2.75) is 38.2 Å². The predicted octanol–water partition coefficient (Wildman–Crippen LogP) is 3.50. The van der Waals surface area contributed by atoms with Gasteiger partial charge in [0.05, 0.1) is 19.3 Å². The van der Waals surface area contributed by atoms with Crippen molar-refractivity contribution in [2.75, 3.05) is 46.5 Å². The molecule has 2 saturated heterocycles. The first-order chi connectivity index (χ1) is 12.8. The molecule has 27 heavy (non-hydrogen) atoms. The topological polar surface area (TPSA) is 46.1 Å². The SMILES string of the molecule is CN=C(NCCOCC1CCCO1)N1CCC(c2ccccc2)C(C)C1.I. The van der Waals surface area contributed by atoms with Crippen LogP contribution in [0.25, 0.3) is 0 Å². The maximum absolute atomic E-state index is 5.73. The molecule has 1 aromatic carbocycles. The van der Waals surface area contributed by atoms with Gasteiger partial charge in [0.15, 0.2) is 5.96 Å². The molecule has 5 nitrogen and oxygen atoms in total. The van der Waals surface area contributed by atoms with Crippen LogP contribution in [0, 0.1) is 5.92 Å². The summed E-state index contributed by atoms with van der Waals surface area (Å²) in [5, 5.41) is 3.45. The zero-order valence-corrected chi connectivity index (χ0v) is 18.9. The Morgan fingerprint density at radius 3 is 2.78 bits per heavy atom. The van der Waals surface area contributed by atoms with Crippen molar-refractivity contribution in [3.05, 3.63) is 35.9 Å². The third kappa shape index (κ3) is 6.61. The van der Waals surface area contributed by atoms with Crippen LogP contribution in [0.5, 0.6) is 0 Å². The second kappa shape index (κ2) is 11.9. The van der Waals surface area contributed by atoms with Gasteiger partial charge < -0.3 is 19.7 Å². The second-order valence-electron chi connectivity index (χ2n) is 7.41. The summed E-state index contributed by atoms with van der Waals surface area (Å²) in [4.78, 5) is 6.85. The molecule has 3 atom stereocenters. The monoisotopic (exact) mass is 487 g/mol. The van der Waals surface area contributed by atoms with Gasteiger partial charge in [-0.05, 0) is 36.7 Å². The number of hydrogen-bond donors (Lipinski definition) is 1. The van der Waals surface area contributed by atoms with Crippen LogP contribution in [0.15, 0.2) is 35.3 Å². The summed E-state index contributed by atoms with van der Waals surface area (Å²) >= 11 is 0. The van der Waals surface area contributed by atoms with Crippen LogP contribution < -0.4 is 5.32 Å². The van der Waals surface area contributed by atoms with Gasteiger partial charge in [-0.15, -0.1) is 24.0 Å². The fraction of sp³-hybridized carbons (Fsp3) is 0.667. The smallest absolute Gasteiger partial charge is 0.193 e. The highest BCUT2D eigenvalue weighted by Gasteiger charge is 2.28. The van der Waals surface area contributed by atoms with Gasteiger partial charge >= 0.3 is 0 Å². The summed E-state index contributed by atoms with van der Waals surface area (Å²) in [7, 11) is 1.86. The zero-order chi connectivity index (χ0) is 18.2. The molecule has 0 aliphatic carbocycles. The van der Waals surface area contributed by atoms with Crippen LogP contribution in [0.1, 0.15) is 37.7 Å². The van der Waals surface area contributed by atoms with Crippen LogP contribution in [0.4, 0.5) is 0 Å². The maximum atomic E-state index is 5.73. The molecule has 3 unspecified atom stereocenters. The molecular weight excluding hydrogens is 453 g/mol. The summed E-state index contributed by atoms with van der Waals surface area (Å²) in [6.45, 7) is 7.50. The van der Waals surface area contributed by atoms with Crippen molar-refractivity contribution < 1.29 is 9.47 Å². The molecule has 6 heteroatoms. The van der Waals surface area contributed by atoms with Crippen molar-refractivity contribution in [3.8, 4) is 0 Å². The van der Waals surface area contributed by atoms with Gasteiger partial charge in [-0.25, -0.2) is 0 Å². The second-order valence-corrected chi connectivity index (χ2v) is 7.41. The van der Waals surface area contributed by atoms with Gasteiger partial charge in [-0.1, -0.05) is 37.3 Å². The highest BCUT2D eigenvalue weighted by molar-refractivity contribution is 14.0. The Labute approximate surface area is 180 Å². The largest absolute Gasteiger partial charge is 0.377 e. The van der Waals surface area contributed by atoms with Crippen molar-refractivity contribution in [3.63, 3.8) is 0 Å². The molecule has 2 heterocycles. The summed E-state index contributed by atoms with van der Waals surface area (Å²) in [5.41, 5.74) is 1.46. The van der Waals surface area contributed by atoms with E-state index in [2.05, 4.69) is 52.5 Å². The Morgan fingerprint density at radius 2 is 2.11 bits per heavy atom. The van der Waals surface area contributed by atoms with Gasteiger partial charge in [-0.2, -0.15) is 0 Å². The van der Waals surface area contributed by atoms with Gasteiger partial charge in [0.2, 0.25) is 0 Å². The normalized spacial score (nSPS) is 25.9. The highest BCUT2D eigenvalue weighted by Crippen LogP contribution is 2.32. The lowest BCUT2D eigenvalue weighted by Crippen LogP contribution is -2.48. The highest BCUT2D eigenvalue weighted by atomic mass is 127. The van der Waals surface area contributed by atoms with E-state index >= 15 is 0 Å². The van der Waals surface area contributed by atoms with Gasteiger partial charge in [0.25, 0.3) is 0 Å². The first-order valence-corrected chi connectivity index (χ1v) is 9.98. The first kappa shape index (κ1) is 22.4. The molecule has 1 aromatic rings. The molecule has 0 bridgehead atoms. The van der Waals surface area contributed by atoms with Crippen molar-refractivity contribution in [2.24, 2.45) is 10.9 Å². The lowest BCUT2D eigenvalue weighted by molar-refractivity contribution is 0.0189. The number of likely N-dealkylation sites (tertiary alicyclic amines) is 1. The maximum Gasteiger partial charge on any atom is 0.193 e. The fourth-order valence-corrected chi connectivity index (χ4v) is 4.09. The quantitative estimate of drug-likeness (QED) is 0.289. The van der Waals surface area contributed by atoms with Crippen LogP contribution in [0.2, 0.25) is 0 Å². The number of benzene rings is 1. The van der Waals surface area contributed by atoms with Crippen LogP contribution >= 0.6 is 24.0 Å². The number of ether oxygens (including phenoxy) is 2. The van der Waals surface area contributed by atoms with Crippen LogP contribution in [-0.2, 0) is 9.47 Å². The van der Waals surface area contributed by atoms with Gasteiger partial charge in [0, 0.05) is 33.3 Å². The van der Waals surface area contributed by atoms with E-state index in [1.54, 1.807) is 0 Å². The summed E-state index contributed by atoms with van der Waals surface area (Å²) in [5.74, 6) is 2.24. The minimum atomic E-state index is 0. The van der Waals surface area contributed by atoms with E-state index in [-0.39, 0.29) is 24.0 Å². The van der Waals surface area contributed by atoms with E-state index < -0.39 is 0 Å². The standard InChI is InChI=1S/C21H33N3O2.HI/c1-17-15-24(12-10-20(17)18-7-4-3-5-8-18)21(22-2)23-11-14-25-16-19-9-6-13-26-19;/h3-5,7-8,17,19-20H,6,9-16H2,1-2H3,(H,22,23);1H. The third-order valence-electron chi connectivity index (χ3n) is 5.50. The van der Waals surface area contributed by atoms with Gasteiger partial charge in [-0.3, -0.25) is 4.99 Å². The molecule has 0 spiro atoms. The van der Waals surface area contributed by atoms with E-state index in [0.717, 1.165) is 45.0 Å². The third-order valence-corrected chi connectivity index (χ3v) is 5.50. The van der Waals surface area contributed by atoms with E-state index in [9.17, 15) is 0 Å². The average molecular weight is 487 g/mol. The van der Waals surface area contributed by atoms with E-state index in [0.29, 0.717) is 31.2 Å². The Kier molecular flexibility index (Phi) is 9.86. The van der Waals surface area contributed by atoms with Gasteiger partial charge in [0.1, 0.15) is 0 Å². The Hall–Kier alpha value is -0.860. The van der Waals surface area contributed by atoms with E-state index in [4.69, 9.17) is 9.47 Å². The molecule has 2 aliphatic rings. The number of aliphatic imine (C=N–C) groups is 1. The molecule has 2 fully saturated rings. The molecule has 1 N–H and O–H groups in total. The lowest BCUT2D eigenvalue weighted by atomic mass is 9.82. The number of hydrogen-bond acceptors (Lipinski definition) is 3. The van der Waals surface area contributed by atoms with Crippen molar-refractivity contribution in [1.29, 1.82) is 0 Å². The van der Waals surface area contributed by atoms with Crippen molar-refractivity contribution in [1.82, 2.24) is 10.2 Å². The van der Waals surface area contributed by atoms with Crippen molar-refractivity contribution >= 4 is 29.9 Å². The number of guanidine groups is 1. The lowest BCUT2D eigenvalue weighted by Gasteiger charge is -2.39. The summed E-state index contributed by atoms with van der Waals surface area (Å²) in [6, 6.07) is 10.9. The molecule has 2 aliphatic heterocycles. The Bertz CT molecular complexity index is 564. The minimum Gasteiger partial charge on any atom is -0.377 e. The molecule has 0 aromatic heterocycles. The number of nitrogens with zero attached hydrogens (tertiary/aromatic N) is 2. The molecule has 0 radical (unpaired) electrons. The first-order valence-electron chi connectivity index (χ1n) is 9.98. The van der Waals surface area contributed by atoms with E-state index in [1.807, 2.05) is 7.05 Å².